The van der Waals surface area contributed by atoms with Crippen LogP contribution in [0.25, 0.3) is 0 Å². The van der Waals surface area contributed by atoms with E-state index in [2.05, 4.69) is 0 Å². The maximum absolute atomic E-state index is 10.1. The smallest absolute Gasteiger partial charge is 0.218 e. The van der Waals surface area contributed by atoms with Crippen LogP contribution in [-0.4, -0.2) is 51.1 Å². The van der Waals surface area contributed by atoms with Crippen LogP contribution in [0.5, 0.6) is 0 Å². The van der Waals surface area contributed by atoms with Gasteiger partial charge >= 0.3 is 0 Å². The fraction of sp³-hybridized carbons (Fsp3) is 0.750. The van der Waals surface area contributed by atoms with E-state index in [0.717, 1.165) is 0 Å². The van der Waals surface area contributed by atoms with Crippen LogP contribution in [0.4, 0.5) is 0 Å². The van der Waals surface area contributed by atoms with Gasteiger partial charge in [-0.05, 0) is 0 Å². The van der Waals surface area contributed by atoms with E-state index in [9.17, 15) is 4.79 Å². The number of amides is 1. The van der Waals surface area contributed by atoms with E-state index >= 15 is 0 Å². The molecule has 0 aliphatic carbocycles. The Morgan fingerprint density at radius 3 is 1.57 bits per heavy atom. The Morgan fingerprint density at radius 1 is 1.43 bits per heavy atom. The summed E-state index contributed by atoms with van der Waals surface area (Å²) in [7, 11) is 3.45. The first kappa shape index (κ1) is 10.4. The summed E-state index contributed by atoms with van der Waals surface area (Å²) in [6, 6.07) is 0. The average molecular weight is 296 g/mol. The number of carbonyl (C=O) groups is 1. The van der Waals surface area contributed by atoms with E-state index < -0.39 is 0 Å². The summed E-state index contributed by atoms with van der Waals surface area (Å²) in [4.78, 5) is 11.6. The minimum Gasteiger partial charge on any atom is -0.349 e. The molecule has 3 heteroatoms. The van der Waals surface area contributed by atoms with Gasteiger partial charge in [-0.3, -0.25) is 4.79 Å². The quantitative estimate of drug-likeness (QED) is 0.563. The molecule has 41 valence electrons. The van der Waals surface area contributed by atoms with Gasteiger partial charge in [0.2, 0.25) is 5.91 Å². The number of rotatable bonds is 0. The third-order valence-corrected chi connectivity index (χ3v) is 0.630. The monoisotopic (exact) mass is 296 g/mol. The molecular formula is C4H9BiNO. The Hall–Kier alpha value is 0.353. The van der Waals surface area contributed by atoms with Gasteiger partial charge in [0, 0.05) is 47.2 Å². The molecule has 0 aromatic rings. The van der Waals surface area contributed by atoms with Crippen molar-refractivity contribution < 1.29 is 4.79 Å². The third-order valence-electron chi connectivity index (χ3n) is 0.630. The average Bonchev–Trinajstić information content (AvgIpc) is 1.36. The first-order valence-corrected chi connectivity index (χ1v) is 1.82. The van der Waals surface area contributed by atoms with Gasteiger partial charge in [-0.15, -0.1) is 0 Å². The van der Waals surface area contributed by atoms with Gasteiger partial charge in [0.1, 0.15) is 0 Å². The van der Waals surface area contributed by atoms with Gasteiger partial charge in [-0.2, -0.15) is 0 Å². The Kier molecular flexibility index (Phi) is 6.67. The molecule has 0 aliphatic rings. The van der Waals surface area contributed by atoms with Crippen molar-refractivity contribution in [2.24, 2.45) is 0 Å². The normalized spacial score (nSPS) is 6.71. The molecular weight excluding hydrogens is 287 g/mol. The van der Waals surface area contributed by atoms with Crippen LogP contribution in [0.3, 0.4) is 0 Å². The summed E-state index contributed by atoms with van der Waals surface area (Å²) < 4.78 is 0. The Bertz CT molecular complexity index is 62.7. The van der Waals surface area contributed by atoms with Crippen LogP contribution in [0.2, 0.25) is 0 Å². The second-order valence-electron chi connectivity index (χ2n) is 1.41. The molecule has 0 fully saturated rings. The van der Waals surface area contributed by atoms with E-state index in [1.54, 1.807) is 14.1 Å². The second-order valence-corrected chi connectivity index (χ2v) is 1.41. The van der Waals surface area contributed by atoms with E-state index in [1.807, 2.05) is 0 Å². The van der Waals surface area contributed by atoms with Crippen LogP contribution in [-0.2, 0) is 4.79 Å². The standard InChI is InChI=1S/C4H9NO.Bi/c1-4(6)5(2)3;/h1-3H3;. The summed E-state index contributed by atoms with van der Waals surface area (Å²) in [5.41, 5.74) is 0. The molecule has 2 nitrogen and oxygen atoms in total. The molecule has 0 bridgehead atoms. The first-order valence-electron chi connectivity index (χ1n) is 1.82. The Balaban J connectivity index is 0. The molecule has 7 heavy (non-hydrogen) atoms. The van der Waals surface area contributed by atoms with Gasteiger partial charge < -0.3 is 4.90 Å². The number of hydrogen-bond acceptors (Lipinski definition) is 1. The molecule has 0 aromatic heterocycles. The van der Waals surface area contributed by atoms with Crippen molar-refractivity contribution in [1.29, 1.82) is 0 Å². The first-order chi connectivity index (χ1) is 2.64. The molecule has 1 amide bonds. The number of hydrogen-bond donors (Lipinski definition) is 0. The summed E-state index contributed by atoms with van der Waals surface area (Å²) >= 11 is 0. The SMILES string of the molecule is CC(=O)N(C)C.[Bi]. The number of nitrogens with zero attached hydrogens (tertiary/aromatic N) is 1. The van der Waals surface area contributed by atoms with Crippen molar-refractivity contribution in [3.8, 4) is 0 Å². The van der Waals surface area contributed by atoms with Crippen molar-refractivity contribution in [2.75, 3.05) is 14.1 Å². The van der Waals surface area contributed by atoms with Crippen LogP contribution in [0, 0.1) is 0 Å². The maximum Gasteiger partial charge on any atom is 0.218 e. The maximum atomic E-state index is 10.1. The fourth-order valence-corrected chi connectivity index (χ4v) is 0. The molecule has 0 heterocycles. The predicted molar refractivity (Wildman–Crippen MR) is 30.1 cm³/mol. The van der Waals surface area contributed by atoms with E-state index in [-0.39, 0.29) is 32.1 Å². The summed E-state index contributed by atoms with van der Waals surface area (Å²) in [6.07, 6.45) is 0. The van der Waals surface area contributed by atoms with Crippen LogP contribution in [0.1, 0.15) is 6.92 Å². The molecule has 0 saturated carbocycles. The molecule has 0 aromatic carbocycles. The van der Waals surface area contributed by atoms with Crippen molar-refractivity contribution in [2.45, 2.75) is 6.92 Å². The van der Waals surface area contributed by atoms with Crippen molar-refractivity contribution in [1.82, 2.24) is 4.90 Å². The minimum absolute atomic E-state index is 0. The molecule has 0 rings (SSSR count). The molecule has 0 unspecified atom stereocenters. The fourth-order valence-electron chi connectivity index (χ4n) is 0. The largest absolute Gasteiger partial charge is 0.349 e. The molecule has 0 spiro atoms. The zero-order chi connectivity index (χ0) is 5.15. The number of carbonyl (C=O) groups excluding carboxylic acids is 1. The molecule has 0 N–H and O–H groups in total. The Morgan fingerprint density at radius 2 is 1.57 bits per heavy atom. The van der Waals surface area contributed by atoms with E-state index in [0.29, 0.717) is 0 Å². The van der Waals surface area contributed by atoms with Crippen molar-refractivity contribution in [3.05, 3.63) is 0 Å². The zero-order valence-corrected chi connectivity index (χ0v) is 8.28. The molecule has 0 atom stereocenters. The Labute approximate surface area is 63.0 Å². The topological polar surface area (TPSA) is 20.3 Å². The summed E-state index contributed by atoms with van der Waals surface area (Å²) in [5, 5.41) is 0. The van der Waals surface area contributed by atoms with Crippen molar-refractivity contribution >= 4 is 32.1 Å². The molecule has 3 radical (unpaired) electrons. The van der Waals surface area contributed by atoms with Crippen LogP contribution in [0.15, 0.2) is 0 Å². The molecule has 0 saturated heterocycles. The van der Waals surface area contributed by atoms with E-state index in [4.69, 9.17) is 0 Å². The van der Waals surface area contributed by atoms with Gasteiger partial charge in [0.05, 0.1) is 0 Å². The van der Waals surface area contributed by atoms with Gasteiger partial charge in [0.25, 0.3) is 0 Å². The van der Waals surface area contributed by atoms with Crippen molar-refractivity contribution in [3.63, 3.8) is 0 Å². The second kappa shape index (κ2) is 4.51. The summed E-state index contributed by atoms with van der Waals surface area (Å²) in [6.45, 7) is 1.53. The van der Waals surface area contributed by atoms with Crippen LogP contribution >= 0.6 is 0 Å². The van der Waals surface area contributed by atoms with Gasteiger partial charge in [-0.25, -0.2) is 0 Å². The summed E-state index contributed by atoms with van der Waals surface area (Å²) in [5.74, 6) is 0.0926. The third kappa shape index (κ3) is 6.35. The van der Waals surface area contributed by atoms with E-state index in [1.165, 1.54) is 11.8 Å². The van der Waals surface area contributed by atoms with Gasteiger partial charge in [-0.1, -0.05) is 0 Å². The van der Waals surface area contributed by atoms with Crippen LogP contribution < -0.4 is 0 Å². The van der Waals surface area contributed by atoms with Gasteiger partial charge in [0.15, 0.2) is 0 Å². The molecule has 0 aliphatic heterocycles. The zero-order valence-electron chi connectivity index (χ0n) is 4.80. The predicted octanol–water partition coefficient (Wildman–Crippen LogP) is -0.286. The minimum atomic E-state index is 0.